The summed E-state index contributed by atoms with van der Waals surface area (Å²) in [6, 6.07) is 1.85. The molecule has 3 N–H and O–H groups in total. The summed E-state index contributed by atoms with van der Waals surface area (Å²) in [6.45, 7) is 9.40. The fourth-order valence-corrected chi connectivity index (χ4v) is 2.44. The number of aromatic nitrogens is 1. The number of carbonyl (C=O) groups excluding carboxylic acids is 1. The first-order valence-electron chi connectivity index (χ1n) is 6.88. The zero-order valence-electron chi connectivity index (χ0n) is 12.8. The molecule has 1 aliphatic rings. The van der Waals surface area contributed by atoms with Crippen molar-refractivity contribution in [3.63, 3.8) is 0 Å². The Bertz CT molecular complexity index is 520. The van der Waals surface area contributed by atoms with Crippen molar-refractivity contribution in [1.82, 2.24) is 4.98 Å². The SMILES string of the molecule is Cc1cc(NC(=O)OC(C)(C)C)nc(C)c1C1(N)CC1. The molecule has 0 atom stereocenters. The van der Waals surface area contributed by atoms with E-state index in [2.05, 4.69) is 10.3 Å². The van der Waals surface area contributed by atoms with Crippen molar-refractivity contribution in [3.05, 3.63) is 22.9 Å². The second-order valence-corrected chi connectivity index (χ2v) is 6.57. The van der Waals surface area contributed by atoms with Crippen molar-refractivity contribution in [2.75, 3.05) is 5.32 Å². The highest BCUT2D eigenvalue weighted by Crippen LogP contribution is 2.45. The lowest BCUT2D eigenvalue weighted by atomic mass is 9.99. The lowest BCUT2D eigenvalue weighted by Gasteiger charge is -2.20. The molecule has 0 spiro atoms. The summed E-state index contributed by atoms with van der Waals surface area (Å²) in [5.41, 5.74) is 8.55. The monoisotopic (exact) mass is 277 g/mol. The lowest BCUT2D eigenvalue weighted by molar-refractivity contribution is 0.0635. The van der Waals surface area contributed by atoms with E-state index in [1.165, 1.54) is 0 Å². The molecule has 1 amide bonds. The van der Waals surface area contributed by atoms with Gasteiger partial charge in [-0.1, -0.05) is 0 Å². The molecule has 0 aromatic carbocycles. The number of amides is 1. The van der Waals surface area contributed by atoms with Crippen molar-refractivity contribution in [3.8, 4) is 0 Å². The topological polar surface area (TPSA) is 77.2 Å². The van der Waals surface area contributed by atoms with Crippen LogP contribution in [0.5, 0.6) is 0 Å². The molecule has 5 heteroatoms. The molecule has 110 valence electrons. The van der Waals surface area contributed by atoms with E-state index in [1.54, 1.807) is 0 Å². The summed E-state index contributed by atoms with van der Waals surface area (Å²) in [6.07, 6.45) is 1.50. The van der Waals surface area contributed by atoms with Gasteiger partial charge in [0.05, 0.1) is 0 Å². The molecule has 5 nitrogen and oxygen atoms in total. The molecule has 0 saturated heterocycles. The molecule has 0 bridgehead atoms. The Hall–Kier alpha value is -1.62. The summed E-state index contributed by atoms with van der Waals surface area (Å²) in [5, 5.41) is 2.67. The highest BCUT2D eigenvalue weighted by Gasteiger charge is 2.42. The van der Waals surface area contributed by atoms with Crippen molar-refractivity contribution >= 4 is 11.9 Å². The van der Waals surface area contributed by atoms with Crippen LogP contribution in [0.2, 0.25) is 0 Å². The van der Waals surface area contributed by atoms with E-state index in [9.17, 15) is 4.79 Å². The van der Waals surface area contributed by atoms with Crippen LogP contribution in [0.25, 0.3) is 0 Å². The maximum atomic E-state index is 11.7. The Balaban J connectivity index is 2.17. The first-order valence-corrected chi connectivity index (χ1v) is 6.88. The van der Waals surface area contributed by atoms with Crippen LogP contribution >= 0.6 is 0 Å². The minimum atomic E-state index is -0.524. The zero-order chi connectivity index (χ0) is 15.1. The van der Waals surface area contributed by atoms with E-state index in [0.717, 1.165) is 29.7 Å². The number of nitrogens with two attached hydrogens (primary N) is 1. The molecule has 2 rings (SSSR count). The van der Waals surface area contributed by atoms with E-state index in [-0.39, 0.29) is 5.54 Å². The van der Waals surface area contributed by atoms with Gasteiger partial charge in [0.2, 0.25) is 0 Å². The number of ether oxygens (including phenoxy) is 1. The highest BCUT2D eigenvalue weighted by molar-refractivity contribution is 5.83. The van der Waals surface area contributed by atoms with Gasteiger partial charge in [-0.3, -0.25) is 5.32 Å². The van der Waals surface area contributed by atoms with Crippen molar-refractivity contribution in [2.45, 2.75) is 58.6 Å². The quantitative estimate of drug-likeness (QED) is 0.871. The minimum absolute atomic E-state index is 0.217. The van der Waals surface area contributed by atoms with Crippen LogP contribution < -0.4 is 11.1 Å². The second kappa shape index (κ2) is 4.74. The van der Waals surface area contributed by atoms with Gasteiger partial charge in [-0.25, -0.2) is 9.78 Å². The molecule has 1 heterocycles. The van der Waals surface area contributed by atoms with Gasteiger partial charge in [-0.2, -0.15) is 0 Å². The fraction of sp³-hybridized carbons (Fsp3) is 0.600. The minimum Gasteiger partial charge on any atom is -0.444 e. The van der Waals surface area contributed by atoms with E-state index >= 15 is 0 Å². The molecule has 1 aromatic heterocycles. The molecule has 1 aliphatic carbocycles. The Morgan fingerprint density at radius 3 is 2.45 bits per heavy atom. The normalized spacial score (nSPS) is 16.7. The Morgan fingerprint density at radius 1 is 1.40 bits per heavy atom. The Kier molecular flexibility index (Phi) is 3.50. The molecule has 0 unspecified atom stereocenters. The summed E-state index contributed by atoms with van der Waals surface area (Å²) in [5.74, 6) is 0.502. The van der Waals surface area contributed by atoms with E-state index in [0.29, 0.717) is 5.82 Å². The van der Waals surface area contributed by atoms with Crippen molar-refractivity contribution < 1.29 is 9.53 Å². The van der Waals surface area contributed by atoms with Gasteiger partial charge in [-0.15, -0.1) is 0 Å². The van der Waals surface area contributed by atoms with Crippen LogP contribution in [0.15, 0.2) is 6.07 Å². The van der Waals surface area contributed by atoms with Crippen LogP contribution in [-0.2, 0) is 10.3 Å². The average Bonchev–Trinajstić information content (AvgIpc) is 2.91. The van der Waals surface area contributed by atoms with Crippen LogP contribution in [0, 0.1) is 13.8 Å². The van der Waals surface area contributed by atoms with Crippen LogP contribution in [0.1, 0.15) is 50.4 Å². The average molecular weight is 277 g/mol. The number of aryl methyl sites for hydroxylation is 2. The van der Waals surface area contributed by atoms with E-state index in [4.69, 9.17) is 10.5 Å². The number of hydrogen-bond acceptors (Lipinski definition) is 4. The molecule has 0 aliphatic heterocycles. The number of nitrogens with one attached hydrogen (secondary N) is 1. The molecule has 20 heavy (non-hydrogen) atoms. The number of anilines is 1. The third-order valence-corrected chi connectivity index (χ3v) is 3.31. The van der Waals surface area contributed by atoms with Gasteiger partial charge in [0.15, 0.2) is 0 Å². The molecular weight excluding hydrogens is 254 g/mol. The highest BCUT2D eigenvalue weighted by atomic mass is 16.6. The summed E-state index contributed by atoms with van der Waals surface area (Å²) < 4.78 is 5.22. The van der Waals surface area contributed by atoms with Gasteiger partial charge in [0.1, 0.15) is 11.4 Å². The maximum Gasteiger partial charge on any atom is 0.413 e. The predicted molar refractivity (Wildman–Crippen MR) is 78.7 cm³/mol. The van der Waals surface area contributed by atoms with Gasteiger partial charge < -0.3 is 10.5 Å². The number of nitrogens with zero attached hydrogens (tertiary/aromatic N) is 1. The fourth-order valence-electron chi connectivity index (χ4n) is 2.44. The molecule has 1 fully saturated rings. The van der Waals surface area contributed by atoms with Gasteiger partial charge in [0.25, 0.3) is 0 Å². The Morgan fingerprint density at radius 2 is 2.00 bits per heavy atom. The molecular formula is C15H23N3O2. The smallest absolute Gasteiger partial charge is 0.413 e. The maximum absolute atomic E-state index is 11.7. The lowest BCUT2D eigenvalue weighted by Crippen LogP contribution is -2.28. The number of rotatable bonds is 2. The predicted octanol–water partition coefficient (Wildman–Crippen LogP) is 2.99. The van der Waals surface area contributed by atoms with Gasteiger partial charge in [-0.05, 0) is 64.7 Å². The number of pyridine rings is 1. The number of hydrogen-bond donors (Lipinski definition) is 2. The van der Waals surface area contributed by atoms with Crippen molar-refractivity contribution in [1.29, 1.82) is 0 Å². The second-order valence-electron chi connectivity index (χ2n) is 6.57. The largest absolute Gasteiger partial charge is 0.444 e. The van der Waals surface area contributed by atoms with E-state index in [1.807, 2.05) is 40.7 Å². The van der Waals surface area contributed by atoms with Gasteiger partial charge in [0, 0.05) is 11.2 Å². The summed E-state index contributed by atoms with van der Waals surface area (Å²) in [4.78, 5) is 16.2. The molecule has 0 radical (unpaired) electrons. The Labute approximate surface area is 119 Å². The third-order valence-electron chi connectivity index (χ3n) is 3.31. The third kappa shape index (κ3) is 3.28. The van der Waals surface area contributed by atoms with Crippen LogP contribution in [-0.4, -0.2) is 16.7 Å². The van der Waals surface area contributed by atoms with Crippen LogP contribution in [0.4, 0.5) is 10.6 Å². The van der Waals surface area contributed by atoms with E-state index < -0.39 is 11.7 Å². The molecule has 1 aromatic rings. The first kappa shape index (κ1) is 14.8. The van der Waals surface area contributed by atoms with Crippen molar-refractivity contribution in [2.24, 2.45) is 5.73 Å². The van der Waals surface area contributed by atoms with Crippen LogP contribution in [0.3, 0.4) is 0 Å². The zero-order valence-corrected chi connectivity index (χ0v) is 12.8. The summed E-state index contributed by atoms with van der Waals surface area (Å²) >= 11 is 0. The number of carbonyl (C=O) groups is 1. The summed E-state index contributed by atoms with van der Waals surface area (Å²) in [7, 11) is 0. The first-order chi connectivity index (χ1) is 9.11. The molecule has 1 saturated carbocycles. The van der Waals surface area contributed by atoms with Gasteiger partial charge >= 0.3 is 6.09 Å². The standard InChI is InChI=1S/C15H23N3O2/c1-9-8-11(18-13(19)20-14(3,4)5)17-10(2)12(9)15(16)6-7-15/h8H,6-7,16H2,1-5H3,(H,17,18,19).